The minimum Gasteiger partial charge on any atom is -0.435 e. The summed E-state index contributed by atoms with van der Waals surface area (Å²) in [6.45, 7) is -1.01. The highest BCUT2D eigenvalue weighted by atomic mass is 19.3. The smallest absolute Gasteiger partial charge is 0.387 e. The van der Waals surface area contributed by atoms with E-state index in [0.29, 0.717) is 12.0 Å². The van der Waals surface area contributed by atoms with E-state index in [1.807, 2.05) is 37.3 Å². The van der Waals surface area contributed by atoms with Crippen LogP contribution in [0.5, 0.6) is 5.75 Å². The number of benzene rings is 2. The van der Waals surface area contributed by atoms with Gasteiger partial charge in [0.05, 0.1) is 6.10 Å². The second-order valence-corrected chi connectivity index (χ2v) is 5.80. The van der Waals surface area contributed by atoms with Crippen LogP contribution in [0, 0.1) is 5.92 Å². The lowest BCUT2D eigenvalue weighted by Gasteiger charge is -2.16. The zero-order valence-electron chi connectivity index (χ0n) is 13.9. The van der Waals surface area contributed by atoms with Crippen LogP contribution >= 0.6 is 0 Å². The fourth-order valence-corrected chi connectivity index (χ4v) is 2.42. The third-order valence-corrected chi connectivity index (χ3v) is 3.79. The Balaban J connectivity index is 1.82. The molecule has 0 fully saturated rings. The lowest BCUT2D eigenvalue weighted by atomic mass is 10.0. The average Bonchev–Trinajstić information content (AvgIpc) is 2.60. The lowest BCUT2D eigenvalue weighted by Crippen LogP contribution is -2.33. The standard InChI is InChI=1S/C19H21F2NO3/c1-13(11-14-5-3-2-4-6-14)18(24)22-12-17(23)15-7-9-16(10-8-15)25-19(20)21/h2-10,13,17,19,23H,11-12H2,1H3,(H,22,24). The van der Waals surface area contributed by atoms with Gasteiger partial charge in [0.2, 0.25) is 5.91 Å². The molecule has 25 heavy (non-hydrogen) atoms. The minimum atomic E-state index is -2.89. The summed E-state index contributed by atoms with van der Waals surface area (Å²) in [5.41, 5.74) is 1.58. The number of aliphatic hydroxyl groups is 1. The van der Waals surface area contributed by atoms with Crippen molar-refractivity contribution in [1.29, 1.82) is 0 Å². The fraction of sp³-hybridized carbons (Fsp3) is 0.316. The van der Waals surface area contributed by atoms with E-state index in [-0.39, 0.29) is 24.1 Å². The molecule has 4 nitrogen and oxygen atoms in total. The van der Waals surface area contributed by atoms with Crippen LogP contribution < -0.4 is 10.1 Å². The zero-order valence-corrected chi connectivity index (χ0v) is 13.9. The molecular formula is C19H21F2NO3. The summed E-state index contributed by atoms with van der Waals surface area (Å²) in [5, 5.41) is 12.8. The first-order valence-corrected chi connectivity index (χ1v) is 8.00. The summed E-state index contributed by atoms with van der Waals surface area (Å²) in [7, 11) is 0. The molecule has 2 rings (SSSR count). The van der Waals surface area contributed by atoms with E-state index in [1.54, 1.807) is 0 Å². The first-order valence-electron chi connectivity index (χ1n) is 8.00. The second-order valence-electron chi connectivity index (χ2n) is 5.80. The van der Waals surface area contributed by atoms with E-state index < -0.39 is 12.7 Å². The largest absolute Gasteiger partial charge is 0.435 e. The summed E-state index contributed by atoms with van der Waals surface area (Å²) >= 11 is 0. The Hall–Kier alpha value is -2.47. The number of amides is 1. The number of halogens is 2. The second kappa shape index (κ2) is 9.13. The van der Waals surface area contributed by atoms with Crippen LogP contribution in [0.1, 0.15) is 24.2 Å². The maximum absolute atomic E-state index is 12.1. The Morgan fingerprint density at radius 1 is 1.12 bits per heavy atom. The molecule has 0 bridgehead atoms. The number of ether oxygens (including phenoxy) is 1. The quantitative estimate of drug-likeness (QED) is 0.769. The summed E-state index contributed by atoms with van der Waals surface area (Å²) in [4.78, 5) is 12.1. The van der Waals surface area contributed by atoms with Crippen LogP contribution in [-0.4, -0.2) is 24.2 Å². The van der Waals surface area contributed by atoms with Gasteiger partial charge in [0.25, 0.3) is 0 Å². The van der Waals surface area contributed by atoms with Crippen molar-refractivity contribution >= 4 is 5.91 Å². The van der Waals surface area contributed by atoms with Gasteiger partial charge in [0, 0.05) is 12.5 Å². The van der Waals surface area contributed by atoms with Gasteiger partial charge >= 0.3 is 6.61 Å². The van der Waals surface area contributed by atoms with Crippen molar-refractivity contribution in [3.63, 3.8) is 0 Å². The molecule has 0 aliphatic carbocycles. The van der Waals surface area contributed by atoms with Crippen molar-refractivity contribution in [3.8, 4) is 5.75 Å². The molecule has 0 heterocycles. The predicted octanol–water partition coefficient (Wildman–Crippen LogP) is 3.32. The van der Waals surface area contributed by atoms with Crippen molar-refractivity contribution in [2.24, 2.45) is 5.92 Å². The van der Waals surface area contributed by atoms with E-state index in [9.17, 15) is 18.7 Å². The van der Waals surface area contributed by atoms with Crippen molar-refractivity contribution in [2.75, 3.05) is 6.54 Å². The number of alkyl halides is 2. The van der Waals surface area contributed by atoms with Crippen molar-refractivity contribution in [3.05, 3.63) is 65.7 Å². The molecule has 0 spiro atoms. The third kappa shape index (κ3) is 6.15. The number of rotatable bonds is 8. The Labute approximate surface area is 145 Å². The molecule has 2 aromatic carbocycles. The Bertz CT molecular complexity index is 662. The molecule has 2 aromatic rings. The number of aliphatic hydroxyl groups excluding tert-OH is 1. The van der Waals surface area contributed by atoms with Gasteiger partial charge in [-0.05, 0) is 29.7 Å². The van der Waals surface area contributed by atoms with Gasteiger partial charge < -0.3 is 15.2 Å². The van der Waals surface area contributed by atoms with E-state index in [0.717, 1.165) is 5.56 Å². The number of nitrogens with one attached hydrogen (secondary N) is 1. The van der Waals surface area contributed by atoms with Crippen LogP contribution in [0.2, 0.25) is 0 Å². The van der Waals surface area contributed by atoms with Crippen LogP contribution in [0.3, 0.4) is 0 Å². The maximum Gasteiger partial charge on any atom is 0.387 e. The van der Waals surface area contributed by atoms with E-state index in [2.05, 4.69) is 10.1 Å². The minimum absolute atomic E-state index is 0.0199. The Kier molecular flexibility index (Phi) is 6.89. The van der Waals surface area contributed by atoms with Crippen molar-refractivity contribution in [2.45, 2.75) is 26.1 Å². The van der Waals surface area contributed by atoms with Crippen molar-refractivity contribution in [1.82, 2.24) is 5.32 Å². The van der Waals surface area contributed by atoms with Gasteiger partial charge in [-0.15, -0.1) is 0 Å². The molecule has 2 N–H and O–H groups in total. The summed E-state index contributed by atoms with van der Waals surface area (Å²) in [6, 6.07) is 15.4. The molecule has 6 heteroatoms. The van der Waals surface area contributed by atoms with Gasteiger partial charge in [-0.25, -0.2) is 0 Å². The molecule has 134 valence electrons. The number of carbonyl (C=O) groups is 1. The molecular weight excluding hydrogens is 328 g/mol. The van der Waals surface area contributed by atoms with Gasteiger partial charge in [0.15, 0.2) is 0 Å². The predicted molar refractivity (Wildman–Crippen MR) is 90.4 cm³/mol. The first-order chi connectivity index (χ1) is 12.0. The van der Waals surface area contributed by atoms with Crippen molar-refractivity contribution < 1.29 is 23.4 Å². The molecule has 2 atom stereocenters. The van der Waals surface area contributed by atoms with E-state index in [4.69, 9.17) is 0 Å². The van der Waals surface area contributed by atoms with Gasteiger partial charge in [0.1, 0.15) is 5.75 Å². The summed E-state index contributed by atoms with van der Waals surface area (Å²) < 4.78 is 28.5. The average molecular weight is 349 g/mol. The first kappa shape index (κ1) is 18.9. The molecule has 0 aliphatic heterocycles. The van der Waals surface area contributed by atoms with Gasteiger partial charge in [-0.2, -0.15) is 8.78 Å². The Morgan fingerprint density at radius 3 is 2.36 bits per heavy atom. The maximum atomic E-state index is 12.1. The lowest BCUT2D eigenvalue weighted by molar-refractivity contribution is -0.124. The molecule has 0 saturated heterocycles. The van der Waals surface area contributed by atoms with E-state index in [1.165, 1.54) is 24.3 Å². The highest BCUT2D eigenvalue weighted by molar-refractivity contribution is 5.78. The number of hydrogen-bond donors (Lipinski definition) is 2. The highest BCUT2D eigenvalue weighted by Crippen LogP contribution is 2.19. The molecule has 0 saturated carbocycles. The monoisotopic (exact) mass is 349 g/mol. The molecule has 0 aliphatic rings. The van der Waals surface area contributed by atoms with Crippen LogP contribution in [0.4, 0.5) is 8.78 Å². The number of carbonyl (C=O) groups excluding carboxylic acids is 1. The highest BCUT2D eigenvalue weighted by Gasteiger charge is 2.16. The normalized spacial score (nSPS) is 13.3. The number of hydrogen-bond acceptors (Lipinski definition) is 3. The molecule has 0 aromatic heterocycles. The van der Waals surface area contributed by atoms with Crippen LogP contribution in [-0.2, 0) is 11.2 Å². The van der Waals surface area contributed by atoms with E-state index >= 15 is 0 Å². The fourth-order valence-electron chi connectivity index (χ4n) is 2.42. The van der Waals surface area contributed by atoms with Crippen LogP contribution in [0.25, 0.3) is 0 Å². The molecule has 1 amide bonds. The zero-order chi connectivity index (χ0) is 18.2. The van der Waals surface area contributed by atoms with Gasteiger partial charge in [-0.3, -0.25) is 4.79 Å². The third-order valence-electron chi connectivity index (χ3n) is 3.79. The summed E-state index contributed by atoms with van der Waals surface area (Å²) in [6.07, 6.45) is -0.309. The molecule has 2 unspecified atom stereocenters. The Morgan fingerprint density at radius 2 is 1.76 bits per heavy atom. The topological polar surface area (TPSA) is 58.6 Å². The molecule has 0 radical (unpaired) electrons. The summed E-state index contributed by atoms with van der Waals surface area (Å²) in [5.74, 6) is -0.358. The van der Waals surface area contributed by atoms with Crippen LogP contribution in [0.15, 0.2) is 54.6 Å². The van der Waals surface area contributed by atoms with Gasteiger partial charge in [-0.1, -0.05) is 49.4 Å². The SMILES string of the molecule is CC(Cc1ccccc1)C(=O)NCC(O)c1ccc(OC(F)F)cc1.